The van der Waals surface area contributed by atoms with Crippen molar-refractivity contribution >= 4 is 11.6 Å². The number of para-hydroxylation sites is 1. The summed E-state index contributed by atoms with van der Waals surface area (Å²) in [5.41, 5.74) is 5.63. The number of hydrogen-bond acceptors (Lipinski definition) is 3. The molecule has 4 nitrogen and oxygen atoms in total. The smallest absolute Gasteiger partial charge is 0.260 e. The Bertz CT molecular complexity index is 390. The lowest BCUT2D eigenvalue weighted by Gasteiger charge is -1.99. The first kappa shape index (κ1) is 9.81. The Morgan fingerprint density at radius 1 is 1.43 bits per heavy atom. The minimum Gasteiger partial charge on any atom is -0.365 e. The first-order chi connectivity index (χ1) is 6.74. The van der Waals surface area contributed by atoms with Gasteiger partial charge in [0, 0.05) is 11.9 Å². The minimum atomic E-state index is -0.740. The number of primary amides is 1. The minimum absolute atomic E-state index is 0.103. The van der Waals surface area contributed by atoms with Gasteiger partial charge in [-0.15, -0.1) is 0 Å². The van der Waals surface area contributed by atoms with Crippen molar-refractivity contribution in [1.29, 1.82) is 5.26 Å². The number of nitrogens with two attached hydrogens (primary N) is 1. The largest absolute Gasteiger partial charge is 0.365 e. The van der Waals surface area contributed by atoms with Crippen LogP contribution >= 0.6 is 0 Å². The molecule has 0 aliphatic heterocycles. The SMILES string of the molecule is N#C/C(=C\Nc1ccccc1)C(N)=O. The van der Waals surface area contributed by atoms with Crippen molar-refractivity contribution < 1.29 is 4.79 Å². The Labute approximate surface area is 81.6 Å². The van der Waals surface area contributed by atoms with E-state index < -0.39 is 5.91 Å². The fraction of sp³-hybridized carbons (Fsp3) is 0. The monoisotopic (exact) mass is 187 g/mol. The maximum Gasteiger partial charge on any atom is 0.260 e. The van der Waals surface area contributed by atoms with Gasteiger partial charge in [0.2, 0.25) is 0 Å². The summed E-state index contributed by atoms with van der Waals surface area (Å²) in [6, 6.07) is 10.9. The maximum absolute atomic E-state index is 10.6. The van der Waals surface area contributed by atoms with E-state index >= 15 is 0 Å². The van der Waals surface area contributed by atoms with E-state index in [1.165, 1.54) is 6.20 Å². The van der Waals surface area contributed by atoms with Crippen molar-refractivity contribution in [3.05, 3.63) is 42.1 Å². The summed E-state index contributed by atoms with van der Waals surface area (Å²) in [7, 11) is 0. The first-order valence-corrected chi connectivity index (χ1v) is 3.95. The van der Waals surface area contributed by atoms with Gasteiger partial charge in [0.05, 0.1) is 0 Å². The Balaban J connectivity index is 2.73. The van der Waals surface area contributed by atoms with Crippen molar-refractivity contribution in [2.45, 2.75) is 0 Å². The summed E-state index contributed by atoms with van der Waals surface area (Å²) in [6.07, 6.45) is 1.29. The number of nitriles is 1. The van der Waals surface area contributed by atoms with Crippen LogP contribution in [0.3, 0.4) is 0 Å². The van der Waals surface area contributed by atoms with E-state index in [1.807, 2.05) is 30.3 Å². The van der Waals surface area contributed by atoms with E-state index in [-0.39, 0.29) is 5.57 Å². The fourth-order valence-corrected chi connectivity index (χ4v) is 0.848. The summed E-state index contributed by atoms with van der Waals surface area (Å²) in [5.74, 6) is -0.740. The van der Waals surface area contributed by atoms with Gasteiger partial charge in [0.25, 0.3) is 5.91 Å². The molecular formula is C10H9N3O. The highest BCUT2D eigenvalue weighted by molar-refractivity contribution is 5.96. The number of hydrogen-bond donors (Lipinski definition) is 2. The average molecular weight is 187 g/mol. The molecule has 14 heavy (non-hydrogen) atoms. The van der Waals surface area contributed by atoms with Crippen molar-refractivity contribution in [2.24, 2.45) is 5.73 Å². The lowest BCUT2D eigenvalue weighted by molar-refractivity contribution is -0.114. The molecule has 0 aromatic heterocycles. The van der Waals surface area contributed by atoms with E-state index in [1.54, 1.807) is 6.07 Å². The van der Waals surface area contributed by atoms with E-state index in [4.69, 9.17) is 11.0 Å². The van der Waals surface area contributed by atoms with Gasteiger partial charge in [0.15, 0.2) is 0 Å². The van der Waals surface area contributed by atoms with Crippen LogP contribution in [0.15, 0.2) is 42.1 Å². The highest BCUT2D eigenvalue weighted by Gasteiger charge is 2.01. The summed E-state index contributed by atoms with van der Waals surface area (Å²) in [4.78, 5) is 10.6. The van der Waals surface area contributed by atoms with Gasteiger partial charge in [-0.1, -0.05) is 18.2 Å². The zero-order valence-corrected chi connectivity index (χ0v) is 7.40. The third-order valence-electron chi connectivity index (χ3n) is 1.54. The molecule has 70 valence electrons. The number of nitrogens with one attached hydrogen (secondary N) is 1. The van der Waals surface area contributed by atoms with E-state index in [0.717, 1.165) is 5.69 Å². The van der Waals surface area contributed by atoms with Gasteiger partial charge in [-0.3, -0.25) is 4.79 Å². The molecule has 1 rings (SSSR count). The number of rotatable bonds is 3. The topological polar surface area (TPSA) is 78.9 Å². The second-order valence-electron chi connectivity index (χ2n) is 2.54. The molecule has 0 bridgehead atoms. The van der Waals surface area contributed by atoms with Crippen LogP contribution in [0.25, 0.3) is 0 Å². The molecular weight excluding hydrogens is 178 g/mol. The number of amides is 1. The summed E-state index contributed by atoms with van der Waals surface area (Å²) >= 11 is 0. The predicted molar refractivity (Wildman–Crippen MR) is 53.0 cm³/mol. The van der Waals surface area contributed by atoms with Gasteiger partial charge in [-0.05, 0) is 12.1 Å². The Kier molecular flexibility index (Phi) is 3.27. The second-order valence-corrected chi connectivity index (χ2v) is 2.54. The van der Waals surface area contributed by atoms with Crippen molar-refractivity contribution in [3.8, 4) is 6.07 Å². The molecule has 3 N–H and O–H groups in total. The van der Waals surface area contributed by atoms with Crippen LogP contribution in [0.1, 0.15) is 0 Å². The van der Waals surface area contributed by atoms with Crippen LogP contribution in [0, 0.1) is 11.3 Å². The number of nitrogens with zero attached hydrogens (tertiary/aromatic N) is 1. The van der Waals surface area contributed by atoms with E-state index in [2.05, 4.69) is 5.32 Å². The molecule has 0 aliphatic rings. The van der Waals surface area contributed by atoms with Gasteiger partial charge < -0.3 is 11.1 Å². The van der Waals surface area contributed by atoms with Gasteiger partial charge >= 0.3 is 0 Å². The van der Waals surface area contributed by atoms with Gasteiger partial charge in [-0.25, -0.2) is 0 Å². The molecule has 0 unspecified atom stereocenters. The third kappa shape index (κ3) is 2.64. The van der Waals surface area contributed by atoms with Crippen molar-refractivity contribution in [3.63, 3.8) is 0 Å². The average Bonchev–Trinajstić information content (AvgIpc) is 2.20. The van der Waals surface area contributed by atoms with Crippen LogP contribution in [0.4, 0.5) is 5.69 Å². The summed E-state index contributed by atoms with van der Waals surface area (Å²) < 4.78 is 0. The van der Waals surface area contributed by atoms with Crippen molar-refractivity contribution in [2.75, 3.05) is 5.32 Å². The Morgan fingerprint density at radius 2 is 2.07 bits per heavy atom. The number of anilines is 1. The molecule has 0 atom stereocenters. The third-order valence-corrected chi connectivity index (χ3v) is 1.54. The molecule has 0 saturated heterocycles. The molecule has 0 saturated carbocycles. The molecule has 1 aromatic carbocycles. The zero-order chi connectivity index (χ0) is 10.4. The molecule has 1 amide bonds. The summed E-state index contributed by atoms with van der Waals surface area (Å²) in [6.45, 7) is 0. The highest BCUT2D eigenvalue weighted by Crippen LogP contribution is 2.05. The Hall–Kier alpha value is -2.28. The lowest BCUT2D eigenvalue weighted by Crippen LogP contribution is -2.13. The van der Waals surface area contributed by atoms with E-state index in [0.29, 0.717) is 0 Å². The standard InChI is InChI=1S/C10H9N3O/c11-6-8(10(12)14)7-13-9-4-2-1-3-5-9/h1-5,7,13H,(H2,12,14)/b8-7+. The number of carbonyl (C=O) groups excluding carboxylic acids is 1. The fourth-order valence-electron chi connectivity index (χ4n) is 0.848. The molecule has 0 heterocycles. The van der Waals surface area contributed by atoms with Crippen LogP contribution < -0.4 is 11.1 Å². The molecule has 4 heteroatoms. The van der Waals surface area contributed by atoms with Crippen molar-refractivity contribution in [1.82, 2.24) is 0 Å². The first-order valence-electron chi connectivity index (χ1n) is 3.95. The van der Waals surface area contributed by atoms with Crippen LogP contribution in [0.2, 0.25) is 0 Å². The zero-order valence-electron chi connectivity index (χ0n) is 7.40. The highest BCUT2D eigenvalue weighted by atomic mass is 16.1. The van der Waals surface area contributed by atoms with Crippen LogP contribution in [-0.4, -0.2) is 5.91 Å². The molecule has 0 aliphatic carbocycles. The number of carbonyl (C=O) groups is 1. The Morgan fingerprint density at radius 3 is 2.57 bits per heavy atom. The normalized spacial score (nSPS) is 10.4. The molecule has 0 radical (unpaired) electrons. The molecule has 1 aromatic rings. The quantitative estimate of drug-likeness (QED) is 0.547. The molecule has 0 spiro atoms. The van der Waals surface area contributed by atoms with Crippen LogP contribution in [0.5, 0.6) is 0 Å². The second kappa shape index (κ2) is 4.67. The van der Waals surface area contributed by atoms with Gasteiger partial charge in [0.1, 0.15) is 11.6 Å². The van der Waals surface area contributed by atoms with Gasteiger partial charge in [-0.2, -0.15) is 5.26 Å². The van der Waals surface area contributed by atoms with E-state index in [9.17, 15) is 4.79 Å². The maximum atomic E-state index is 10.6. The molecule has 0 fully saturated rings. The predicted octanol–water partition coefficient (Wildman–Crippen LogP) is 0.991. The van der Waals surface area contributed by atoms with Crippen LogP contribution in [-0.2, 0) is 4.79 Å². The lowest BCUT2D eigenvalue weighted by atomic mass is 10.3. The number of benzene rings is 1. The summed E-state index contributed by atoms with van der Waals surface area (Å²) in [5, 5.41) is 11.3.